The number of carboxylic acids is 1. The Morgan fingerprint density at radius 3 is 2.36 bits per heavy atom. The van der Waals surface area contributed by atoms with Crippen LogP contribution in [0.25, 0.3) is 0 Å². The molecule has 1 aromatic rings. The molecular weight excluding hydrogens is 288 g/mol. The van der Waals surface area contributed by atoms with Gasteiger partial charge in [-0.25, -0.2) is 9.59 Å². The van der Waals surface area contributed by atoms with Crippen molar-refractivity contribution in [2.75, 3.05) is 5.73 Å². The molecule has 0 saturated heterocycles. The lowest BCUT2D eigenvalue weighted by molar-refractivity contribution is -0.141. The first-order valence-corrected chi connectivity index (χ1v) is 6.83. The van der Waals surface area contributed by atoms with Gasteiger partial charge in [-0.2, -0.15) is 0 Å². The molecule has 0 saturated carbocycles. The number of carbonyl (C=O) groups is 2. The van der Waals surface area contributed by atoms with E-state index in [2.05, 4.69) is 5.32 Å². The van der Waals surface area contributed by atoms with Crippen LogP contribution in [-0.4, -0.2) is 34.9 Å². The zero-order chi connectivity index (χ0) is 16.9. The van der Waals surface area contributed by atoms with Crippen molar-refractivity contribution >= 4 is 17.7 Å². The van der Waals surface area contributed by atoms with Crippen molar-refractivity contribution < 1.29 is 24.2 Å². The van der Waals surface area contributed by atoms with Gasteiger partial charge in [-0.05, 0) is 39.8 Å². The van der Waals surface area contributed by atoms with E-state index >= 15 is 0 Å². The van der Waals surface area contributed by atoms with Crippen LogP contribution < -0.4 is 15.8 Å². The maximum atomic E-state index is 11.7. The molecular formula is C15H22N2O5. The van der Waals surface area contributed by atoms with Crippen LogP contribution in [0.3, 0.4) is 0 Å². The third kappa shape index (κ3) is 5.51. The van der Waals surface area contributed by atoms with Crippen LogP contribution in [0.2, 0.25) is 0 Å². The summed E-state index contributed by atoms with van der Waals surface area (Å²) >= 11 is 0. The third-order valence-electron chi connectivity index (χ3n) is 2.64. The fourth-order valence-corrected chi connectivity index (χ4v) is 1.67. The average Bonchev–Trinajstić information content (AvgIpc) is 2.36. The van der Waals surface area contributed by atoms with Gasteiger partial charge in [-0.3, -0.25) is 0 Å². The van der Waals surface area contributed by atoms with Gasteiger partial charge in [-0.15, -0.1) is 0 Å². The van der Waals surface area contributed by atoms with Crippen LogP contribution in [0, 0.1) is 0 Å². The number of anilines is 1. The smallest absolute Gasteiger partial charge is 0.408 e. The standard InChI is InChI=1S/C15H22N2O5/c1-9(21-11-8-6-5-7-10(11)16)12(13(18)19)17-14(20)22-15(2,3)4/h5-9,12H,16H2,1-4H3,(H,17,20)(H,18,19)/t9-,12+/m1/s1. The first-order chi connectivity index (χ1) is 10.1. The Morgan fingerprint density at radius 2 is 1.86 bits per heavy atom. The molecule has 0 aromatic heterocycles. The molecule has 0 radical (unpaired) electrons. The number of amides is 1. The number of carbonyl (C=O) groups excluding carboxylic acids is 1. The molecule has 0 aliphatic rings. The van der Waals surface area contributed by atoms with Crippen LogP contribution in [0.5, 0.6) is 5.75 Å². The lowest BCUT2D eigenvalue weighted by atomic mass is 10.2. The van der Waals surface area contributed by atoms with E-state index in [0.717, 1.165) is 0 Å². The molecule has 0 aliphatic heterocycles. The second-order valence-electron chi connectivity index (χ2n) is 5.82. The first kappa shape index (κ1) is 17.6. The molecule has 0 fully saturated rings. The van der Waals surface area contributed by atoms with Gasteiger partial charge in [0.15, 0.2) is 6.04 Å². The zero-order valence-electron chi connectivity index (χ0n) is 13.1. The number of nitrogens with one attached hydrogen (secondary N) is 1. The van der Waals surface area contributed by atoms with E-state index in [1.54, 1.807) is 45.0 Å². The highest BCUT2D eigenvalue weighted by atomic mass is 16.6. The summed E-state index contributed by atoms with van der Waals surface area (Å²) in [6, 6.07) is 5.45. The number of hydrogen-bond donors (Lipinski definition) is 3. The van der Waals surface area contributed by atoms with E-state index in [4.69, 9.17) is 15.2 Å². The lowest BCUT2D eigenvalue weighted by Gasteiger charge is -2.25. The fourth-order valence-electron chi connectivity index (χ4n) is 1.67. The number of carboxylic acid groups (broad SMARTS) is 1. The Bertz CT molecular complexity index is 539. The second kappa shape index (κ2) is 7.02. The molecule has 122 valence electrons. The minimum Gasteiger partial charge on any atom is -0.486 e. The van der Waals surface area contributed by atoms with Crippen molar-refractivity contribution in [3.63, 3.8) is 0 Å². The molecule has 1 aromatic carbocycles. The molecule has 22 heavy (non-hydrogen) atoms. The van der Waals surface area contributed by atoms with Gasteiger partial charge in [0.2, 0.25) is 0 Å². The van der Waals surface area contributed by atoms with Crippen molar-refractivity contribution in [3.05, 3.63) is 24.3 Å². The predicted molar refractivity (Wildman–Crippen MR) is 81.7 cm³/mol. The Hall–Kier alpha value is -2.44. The molecule has 0 bridgehead atoms. The quantitative estimate of drug-likeness (QED) is 0.717. The predicted octanol–water partition coefficient (Wildman–Crippen LogP) is 2.01. The van der Waals surface area contributed by atoms with Gasteiger partial charge in [-0.1, -0.05) is 12.1 Å². The highest BCUT2D eigenvalue weighted by molar-refractivity contribution is 5.80. The maximum absolute atomic E-state index is 11.7. The second-order valence-corrected chi connectivity index (χ2v) is 5.82. The summed E-state index contributed by atoms with van der Waals surface area (Å²) in [5, 5.41) is 11.5. The first-order valence-electron chi connectivity index (χ1n) is 6.83. The third-order valence-corrected chi connectivity index (χ3v) is 2.64. The fraction of sp³-hybridized carbons (Fsp3) is 0.467. The molecule has 0 heterocycles. The summed E-state index contributed by atoms with van der Waals surface area (Å²) < 4.78 is 10.6. The van der Waals surface area contributed by atoms with Gasteiger partial charge in [0.25, 0.3) is 0 Å². The number of rotatable bonds is 5. The van der Waals surface area contributed by atoms with E-state index < -0.39 is 29.8 Å². The van der Waals surface area contributed by atoms with E-state index in [1.165, 1.54) is 6.92 Å². The summed E-state index contributed by atoms with van der Waals surface area (Å²) in [4.78, 5) is 23.1. The van der Waals surface area contributed by atoms with Crippen LogP contribution in [0.1, 0.15) is 27.7 Å². The van der Waals surface area contributed by atoms with Crippen molar-refractivity contribution in [2.24, 2.45) is 0 Å². The molecule has 0 spiro atoms. The van der Waals surface area contributed by atoms with E-state index in [1.807, 2.05) is 0 Å². The number of ether oxygens (including phenoxy) is 2. The monoisotopic (exact) mass is 310 g/mol. The minimum absolute atomic E-state index is 0.354. The summed E-state index contributed by atoms with van der Waals surface area (Å²) in [6.45, 7) is 6.59. The average molecular weight is 310 g/mol. The Kier molecular flexibility index (Phi) is 5.62. The summed E-state index contributed by atoms with van der Waals surface area (Å²) in [7, 11) is 0. The number of benzene rings is 1. The zero-order valence-corrected chi connectivity index (χ0v) is 13.1. The number of nitrogens with two attached hydrogens (primary N) is 1. The Morgan fingerprint density at radius 1 is 1.27 bits per heavy atom. The van der Waals surface area contributed by atoms with Crippen molar-refractivity contribution in [3.8, 4) is 5.75 Å². The van der Waals surface area contributed by atoms with E-state index in [-0.39, 0.29) is 0 Å². The van der Waals surface area contributed by atoms with Gasteiger partial charge in [0, 0.05) is 0 Å². The van der Waals surface area contributed by atoms with Crippen LogP contribution >= 0.6 is 0 Å². The normalized spacial score (nSPS) is 13.8. The molecule has 7 heteroatoms. The molecule has 4 N–H and O–H groups in total. The highest BCUT2D eigenvalue weighted by Gasteiger charge is 2.30. The molecule has 1 amide bonds. The number of hydrogen-bond acceptors (Lipinski definition) is 5. The largest absolute Gasteiger partial charge is 0.486 e. The summed E-state index contributed by atoms with van der Waals surface area (Å²) in [5.74, 6) is -0.875. The van der Waals surface area contributed by atoms with Crippen LogP contribution in [-0.2, 0) is 9.53 Å². The SMILES string of the molecule is C[C@@H](Oc1ccccc1N)[C@H](NC(=O)OC(C)(C)C)C(=O)O. The Balaban J connectivity index is 2.76. The van der Waals surface area contributed by atoms with E-state index in [0.29, 0.717) is 11.4 Å². The molecule has 0 unspecified atom stereocenters. The topological polar surface area (TPSA) is 111 Å². The summed E-state index contributed by atoms with van der Waals surface area (Å²) in [6.07, 6.45) is -1.66. The number of nitrogen functional groups attached to an aromatic ring is 1. The van der Waals surface area contributed by atoms with Crippen molar-refractivity contribution in [2.45, 2.75) is 45.4 Å². The number of aliphatic carboxylic acids is 1. The maximum Gasteiger partial charge on any atom is 0.408 e. The molecule has 1 rings (SSSR count). The number of alkyl carbamates (subject to hydrolysis) is 1. The van der Waals surface area contributed by atoms with Crippen molar-refractivity contribution in [1.29, 1.82) is 0 Å². The van der Waals surface area contributed by atoms with Gasteiger partial charge < -0.3 is 25.6 Å². The molecule has 7 nitrogen and oxygen atoms in total. The van der Waals surface area contributed by atoms with E-state index in [9.17, 15) is 14.7 Å². The van der Waals surface area contributed by atoms with Crippen molar-refractivity contribution in [1.82, 2.24) is 5.32 Å². The number of para-hydroxylation sites is 2. The van der Waals surface area contributed by atoms with Crippen LogP contribution in [0.4, 0.5) is 10.5 Å². The lowest BCUT2D eigenvalue weighted by Crippen LogP contribution is -2.51. The highest BCUT2D eigenvalue weighted by Crippen LogP contribution is 2.22. The molecule has 0 aliphatic carbocycles. The Labute approximate surface area is 129 Å². The molecule has 2 atom stereocenters. The van der Waals surface area contributed by atoms with Gasteiger partial charge in [0.05, 0.1) is 5.69 Å². The minimum atomic E-state index is -1.27. The van der Waals surface area contributed by atoms with Gasteiger partial charge >= 0.3 is 12.1 Å². The summed E-state index contributed by atoms with van der Waals surface area (Å²) in [5.41, 5.74) is 5.41. The van der Waals surface area contributed by atoms with Crippen LogP contribution in [0.15, 0.2) is 24.3 Å². The van der Waals surface area contributed by atoms with Gasteiger partial charge in [0.1, 0.15) is 17.5 Å².